The van der Waals surface area contributed by atoms with E-state index in [0.29, 0.717) is 6.54 Å². The van der Waals surface area contributed by atoms with Crippen molar-refractivity contribution in [3.63, 3.8) is 0 Å². The highest BCUT2D eigenvalue weighted by atomic mass is 32.1. The van der Waals surface area contributed by atoms with Crippen LogP contribution in [0.5, 0.6) is 0 Å². The van der Waals surface area contributed by atoms with Gasteiger partial charge in [-0.2, -0.15) is 11.3 Å². The first-order valence-corrected chi connectivity index (χ1v) is 6.65. The number of nitrogen functional groups attached to an aromatic ring is 1. The van der Waals surface area contributed by atoms with Crippen molar-refractivity contribution in [1.29, 1.82) is 0 Å². The molecule has 0 aliphatic heterocycles. The topological polar surface area (TPSA) is 46.3 Å². The Bertz CT molecular complexity index is 545. The van der Waals surface area contributed by atoms with Crippen LogP contribution in [0.4, 0.5) is 5.69 Å². The molecule has 4 heteroatoms. The Labute approximate surface area is 111 Å². The summed E-state index contributed by atoms with van der Waals surface area (Å²) in [6, 6.07) is 7.59. The predicted molar refractivity (Wildman–Crippen MR) is 75.7 cm³/mol. The second kappa shape index (κ2) is 5.23. The number of amides is 1. The van der Waals surface area contributed by atoms with Gasteiger partial charge in [-0.05, 0) is 35.6 Å². The van der Waals surface area contributed by atoms with Gasteiger partial charge in [-0.3, -0.25) is 4.79 Å². The SMILES string of the molecule is Cc1cscc1C(=O)N(C)Cc1ccc(N)cc1. The standard InChI is InChI=1S/C14H16N2OS/c1-10-8-18-9-13(10)14(17)16(2)7-11-3-5-12(15)6-4-11/h3-6,8-9H,7,15H2,1-2H3. The van der Waals surface area contributed by atoms with E-state index in [1.807, 2.05) is 49.0 Å². The number of hydrogen-bond donors (Lipinski definition) is 1. The lowest BCUT2D eigenvalue weighted by Gasteiger charge is -2.17. The molecular formula is C14H16N2OS. The van der Waals surface area contributed by atoms with Crippen molar-refractivity contribution in [2.75, 3.05) is 12.8 Å². The molecule has 0 bridgehead atoms. The van der Waals surface area contributed by atoms with E-state index in [2.05, 4.69) is 0 Å². The molecule has 0 saturated carbocycles. The maximum atomic E-state index is 12.2. The summed E-state index contributed by atoms with van der Waals surface area (Å²) in [6.07, 6.45) is 0. The Morgan fingerprint density at radius 3 is 2.50 bits per heavy atom. The average Bonchev–Trinajstić information content (AvgIpc) is 2.77. The number of aryl methyl sites for hydroxylation is 1. The van der Waals surface area contributed by atoms with E-state index in [0.717, 1.165) is 22.4 Å². The number of nitrogens with zero attached hydrogens (tertiary/aromatic N) is 1. The molecule has 1 heterocycles. The summed E-state index contributed by atoms with van der Waals surface area (Å²) in [6.45, 7) is 2.55. The summed E-state index contributed by atoms with van der Waals surface area (Å²) in [4.78, 5) is 13.9. The van der Waals surface area contributed by atoms with Crippen LogP contribution in [0.15, 0.2) is 35.0 Å². The van der Waals surface area contributed by atoms with E-state index in [9.17, 15) is 4.79 Å². The zero-order valence-electron chi connectivity index (χ0n) is 10.5. The average molecular weight is 260 g/mol. The van der Waals surface area contributed by atoms with E-state index >= 15 is 0 Å². The minimum atomic E-state index is 0.0607. The van der Waals surface area contributed by atoms with E-state index in [1.54, 1.807) is 16.2 Å². The van der Waals surface area contributed by atoms with Gasteiger partial charge >= 0.3 is 0 Å². The molecule has 0 aliphatic carbocycles. The van der Waals surface area contributed by atoms with Crippen LogP contribution in [0.25, 0.3) is 0 Å². The Hall–Kier alpha value is -1.81. The van der Waals surface area contributed by atoms with E-state index < -0.39 is 0 Å². The van der Waals surface area contributed by atoms with Crippen molar-refractivity contribution < 1.29 is 4.79 Å². The minimum Gasteiger partial charge on any atom is -0.399 e. The summed E-state index contributed by atoms with van der Waals surface area (Å²) in [7, 11) is 1.82. The molecule has 94 valence electrons. The summed E-state index contributed by atoms with van der Waals surface area (Å²) in [5.74, 6) is 0.0607. The number of anilines is 1. The molecule has 0 saturated heterocycles. The molecule has 0 atom stereocenters. The molecule has 1 aromatic carbocycles. The van der Waals surface area contributed by atoms with Crippen LogP contribution in [0.1, 0.15) is 21.5 Å². The van der Waals surface area contributed by atoms with Crippen LogP contribution >= 0.6 is 11.3 Å². The van der Waals surface area contributed by atoms with E-state index in [4.69, 9.17) is 5.73 Å². The fraction of sp³-hybridized carbons (Fsp3) is 0.214. The molecule has 0 fully saturated rings. The quantitative estimate of drug-likeness (QED) is 0.862. The lowest BCUT2D eigenvalue weighted by atomic mass is 10.1. The van der Waals surface area contributed by atoms with Gasteiger partial charge in [0.2, 0.25) is 0 Å². The number of nitrogens with two attached hydrogens (primary N) is 1. The van der Waals surface area contributed by atoms with Crippen molar-refractivity contribution in [3.8, 4) is 0 Å². The lowest BCUT2D eigenvalue weighted by Crippen LogP contribution is -2.26. The van der Waals surface area contributed by atoms with Crippen molar-refractivity contribution >= 4 is 22.9 Å². The van der Waals surface area contributed by atoms with Gasteiger partial charge in [-0.1, -0.05) is 12.1 Å². The zero-order chi connectivity index (χ0) is 13.1. The van der Waals surface area contributed by atoms with Crippen molar-refractivity contribution in [2.24, 2.45) is 0 Å². The largest absolute Gasteiger partial charge is 0.399 e. The van der Waals surface area contributed by atoms with Crippen LogP contribution in [-0.2, 0) is 6.54 Å². The Morgan fingerprint density at radius 2 is 1.94 bits per heavy atom. The van der Waals surface area contributed by atoms with Gasteiger partial charge in [-0.25, -0.2) is 0 Å². The van der Waals surface area contributed by atoms with E-state index in [-0.39, 0.29) is 5.91 Å². The molecule has 2 rings (SSSR count). The summed E-state index contributed by atoms with van der Waals surface area (Å²) >= 11 is 1.56. The number of hydrogen-bond acceptors (Lipinski definition) is 3. The highest BCUT2D eigenvalue weighted by Gasteiger charge is 2.14. The second-order valence-corrected chi connectivity index (χ2v) is 5.11. The monoisotopic (exact) mass is 260 g/mol. The zero-order valence-corrected chi connectivity index (χ0v) is 11.3. The minimum absolute atomic E-state index is 0.0607. The van der Waals surface area contributed by atoms with Crippen LogP contribution in [0.2, 0.25) is 0 Å². The van der Waals surface area contributed by atoms with Gasteiger partial charge < -0.3 is 10.6 Å². The predicted octanol–water partition coefficient (Wildman–Crippen LogP) is 2.91. The van der Waals surface area contributed by atoms with Crippen LogP contribution in [-0.4, -0.2) is 17.9 Å². The molecule has 3 nitrogen and oxygen atoms in total. The van der Waals surface area contributed by atoms with Gasteiger partial charge in [-0.15, -0.1) is 0 Å². The first kappa shape index (κ1) is 12.6. The number of carbonyl (C=O) groups excluding carboxylic acids is 1. The van der Waals surface area contributed by atoms with E-state index in [1.165, 1.54) is 0 Å². The molecule has 0 aliphatic rings. The third kappa shape index (κ3) is 2.71. The number of benzene rings is 1. The smallest absolute Gasteiger partial charge is 0.255 e. The molecular weight excluding hydrogens is 244 g/mol. The van der Waals surface area contributed by atoms with Crippen molar-refractivity contribution in [3.05, 3.63) is 51.7 Å². The Balaban J connectivity index is 2.08. The molecule has 0 radical (unpaired) electrons. The van der Waals surface area contributed by atoms with Gasteiger partial charge in [0.1, 0.15) is 0 Å². The number of thiophene rings is 1. The molecule has 1 aromatic heterocycles. The molecule has 0 spiro atoms. The third-order valence-corrected chi connectivity index (χ3v) is 3.69. The Kier molecular flexibility index (Phi) is 3.67. The molecule has 2 aromatic rings. The fourth-order valence-corrected chi connectivity index (χ4v) is 2.58. The fourth-order valence-electron chi connectivity index (χ4n) is 1.75. The summed E-state index contributed by atoms with van der Waals surface area (Å²) in [5.41, 5.74) is 9.28. The third-order valence-electron chi connectivity index (χ3n) is 2.83. The highest BCUT2D eigenvalue weighted by Crippen LogP contribution is 2.17. The number of carbonyl (C=O) groups is 1. The van der Waals surface area contributed by atoms with Gasteiger partial charge in [0.25, 0.3) is 5.91 Å². The van der Waals surface area contributed by atoms with Crippen molar-refractivity contribution in [2.45, 2.75) is 13.5 Å². The lowest BCUT2D eigenvalue weighted by molar-refractivity contribution is 0.0785. The summed E-state index contributed by atoms with van der Waals surface area (Å²) in [5, 5.41) is 3.89. The maximum Gasteiger partial charge on any atom is 0.255 e. The second-order valence-electron chi connectivity index (χ2n) is 4.37. The van der Waals surface area contributed by atoms with Crippen LogP contribution in [0, 0.1) is 6.92 Å². The maximum absolute atomic E-state index is 12.2. The molecule has 1 amide bonds. The van der Waals surface area contributed by atoms with Crippen LogP contribution in [0.3, 0.4) is 0 Å². The van der Waals surface area contributed by atoms with Gasteiger partial charge in [0.15, 0.2) is 0 Å². The molecule has 0 unspecified atom stereocenters. The highest BCUT2D eigenvalue weighted by molar-refractivity contribution is 7.08. The van der Waals surface area contributed by atoms with Gasteiger partial charge in [0.05, 0.1) is 5.56 Å². The van der Waals surface area contributed by atoms with Gasteiger partial charge in [0, 0.05) is 24.7 Å². The number of rotatable bonds is 3. The summed E-state index contributed by atoms with van der Waals surface area (Å²) < 4.78 is 0. The molecule has 2 N–H and O–H groups in total. The Morgan fingerprint density at radius 1 is 1.28 bits per heavy atom. The first-order valence-electron chi connectivity index (χ1n) is 5.70. The normalized spacial score (nSPS) is 10.3. The van der Waals surface area contributed by atoms with Crippen LogP contribution < -0.4 is 5.73 Å². The van der Waals surface area contributed by atoms with Crippen molar-refractivity contribution in [1.82, 2.24) is 4.90 Å². The first-order chi connectivity index (χ1) is 8.58. The molecule has 18 heavy (non-hydrogen) atoms.